The fourth-order valence-corrected chi connectivity index (χ4v) is 6.93. The van der Waals surface area contributed by atoms with E-state index in [2.05, 4.69) is 32.6 Å². The van der Waals surface area contributed by atoms with Crippen molar-refractivity contribution in [3.63, 3.8) is 0 Å². The molecule has 0 spiro atoms. The van der Waals surface area contributed by atoms with Crippen LogP contribution < -0.4 is 0 Å². The Labute approximate surface area is 201 Å². The highest BCUT2D eigenvalue weighted by atomic mass is 16.5. The molecule has 3 aliphatic rings. The zero-order valence-electron chi connectivity index (χ0n) is 21.9. The lowest BCUT2D eigenvalue weighted by molar-refractivity contribution is -0.0288. The van der Waals surface area contributed by atoms with Crippen molar-refractivity contribution in [3.8, 4) is 11.8 Å². The van der Waals surface area contributed by atoms with E-state index in [1.165, 1.54) is 122 Å². The van der Waals surface area contributed by atoms with Gasteiger partial charge in [0.1, 0.15) is 0 Å². The third-order valence-corrected chi connectivity index (χ3v) is 9.08. The minimum atomic E-state index is 0.441. The molecule has 0 radical (unpaired) electrons. The van der Waals surface area contributed by atoms with Gasteiger partial charge in [-0.2, -0.15) is 0 Å². The monoisotopic (exact) mass is 442 g/mol. The minimum Gasteiger partial charge on any atom is -0.375 e. The van der Waals surface area contributed by atoms with Gasteiger partial charge in [-0.15, -0.1) is 0 Å². The third kappa shape index (κ3) is 9.05. The second-order valence-corrected chi connectivity index (χ2v) is 11.7. The summed E-state index contributed by atoms with van der Waals surface area (Å²) in [6, 6.07) is 0. The molecule has 0 aromatic rings. The zero-order chi connectivity index (χ0) is 22.6. The summed E-state index contributed by atoms with van der Waals surface area (Å²) in [5, 5.41) is 0. The standard InChI is InChI=1S/C31H54O/c1-4-6-7-8-10-25(3)32-31-23-17-28(18-24-31)12-11-27-15-21-30(22-16-27)29-19-13-26(9-5-2)14-20-29/h25-31H,4-10,13-24H2,1-3H3. The van der Waals surface area contributed by atoms with Crippen LogP contribution >= 0.6 is 0 Å². The van der Waals surface area contributed by atoms with Gasteiger partial charge in [-0.25, -0.2) is 0 Å². The van der Waals surface area contributed by atoms with E-state index in [0.717, 1.165) is 17.8 Å². The van der Waals surface area contributed by atoms with Crippen molar-refractivity contribution >= 4 is 0 Å². The summed E-state index contributed by atoms with van der Waals surface area (Å²) in [5.74, 6) is 11.9. The molecule has 0 amide bonds. The maximum Gasteiger partial charge on any atom is 0.0579 e. The predicted octanol–water partition coefficient (Wildman–Crippen LogP) is 9.34. The van der Waals surface area contributed by atoms with E-state index in [0.29, 0.717) is 24.0 Å². The van der Waals surface area contributed by atoms with E-state index in [1.54, 1.807) is 0 Å². The second-order valence-electron chi connectivity index (χ2n) is 11.7. The highest BCUT2D eigenvalue weighted by Crippen LogP contribution is 2.42. The number of ether oxygens (including phenoxy) is 1. The predicted molar refractivity (Wildman–Crippen MR) is 139 cm³/mol. The van der Waals surface area contributed by atoms with Gasteiger partial charge in [0.25, 0.3) is 0 Å². The fourth-order valence-electron chi connectivity index (χ4n) is 6.93. The molecule has 3 fully saturated rings. The van der Waals surface area contributed by atoms with Crippen LogP contribution in [0.2, 0.25) is 0 Å². The largest absolute Gasteiger partial charge is 0.375 e. The summed E-state index contributed by atoms with van der Waals surface area (Å²) >= 11 is 0. The second kappa shape index (κ2) is 14.7. The highest BCUT2D eigenvalue weighted by molar-refractivity contribution is 5.09. The smallest absolute Gasteiger partial charge is 0.0579 e. The SMILES string of the molecule is CCCCCCC(C)OC1CCC(C#CC2CCC(C3CCC(CCC)CC3)CC2)CC1. The van der Waals surface area contributed by atoms with E-state index in [1.807, 2.05) is 0 Å². The molecule has 0 heterocycles. The van der Waals surface area contributed by atoms with E-state index in [4.69, 9.17) is 4.74 Å². The molecular formula is C31H54O. The lowest BCUT2D eigenvalue weighted by Crippen LogP contribution is -2.26. The maximum absolute atomic E-state index is 6.36. The Hall–Kier alpha value is -0.480. The van der Waals surface area contributed by atoms with Gasteiger partial charge in [0.05, 0.1) is 12.2 Å². The molecule has 0 aliphatic heterocycles. The molecule has 1 unspecified atom stereocenters. The quantitative estimate of drug-likeness (QED) is 0.242. The molecule has 1 atom stereocenters. The summed E-state index contributed by atoms with van der Waals surface area (Å²) in [7, 11) is 0. The Morgan fingerprint density at radius 2 is 1.22 bits per heavy atom. The first-order chi connectivity index (χ1) is 15.7. The number of hydrogen-bond donors (Lipinski definition) is 0. The van der Waals surface area contributed by atoms with Crippen LogP contribution in [0.5, 0.6) is 0 Å². The first-order valence-electron chi connectivity index (χ1n) is 14.8. The van der Waals surface area contributed by atoms with Crippen molar-refractivity contribution in [1.29, 1.82) is 0 Å². The maximum atomic E-state index is 6.36. The topological polar surface area (TPSA) is 9.23 Å². The zero-order valence-corrected chi connectivity index (χ0v) is 21.9. The summed E-state index contributed by atoms with van der Waals surface area (Å²) in [6.07, 6.45) is 27.1. The van der Waals surface area contributed by atoms with Crippen LogP contribution in [0.4, 0.5) is 0 Å². The molecule has 0 aromatic heterocycles. The molecule has 1 nitrogen and oxygen atoms in total. The molecule has 0 saturated heterocycles. The van der Waals surface area contributed by atoms with Crippen molar-refractivity contribution in [2.75, 3.05) is 0 Å². The van der Waals surface area contributed by atoms with Crippen molar-refractivity contribution < 1.29 is 4.74 Å². The van der Waals surface area contributed by atoms with E-state index in [9.17, 15) is 0 Å². The molecule has 3 aliphatic carbocycles. The van der Waals surface area contributed by atoms with Crippen LogP contribution in [-0.2, 0) is 4.74 Å². The Balaban J connectivity index is 1.28. The van der Waals surface area contributed by atoms with E-state index >= 15 is 0 Å². The Kier molecular flexibility index (Phi) is 12.0. The van der Waals surface area contributed by atoms with Gasteiger partial charge in [-0.05, 0) is 95.3 Å². The Morgan fingerprint density at radius 1 is 0.656 bits per heavy atom. The van der Waals surface area contributed by atoms with Gasteiger partial charge in [0.15, 0.2) is 0 Å². The molecule has 3 saturated carbocycles. The van der Waals surface area contributed by atoms with Gasteiger partial charge < -0.3 is 4.74 Å². The van der Waals surface area contributed by atoms with Gasteiger partial charge in [0, 0.05) is 11.8 Å². The molecule has 0 N–H and O–H groups in total. The summed E-state index contributed by atoms with van der Waals surface area (Å²) in [4.78, 5) is 0. The summed E-state index contributed by atoms with van der Waals surface area (Å²) in [6.45, 7) is 6.92. The number of hydrogen-bond acceptors (Lipinski definition) is 1. The number of unbranched alkanes of at least 4 members (excludes halogenated alkanes) is 3. The van der Waals surface area contributed by atoms with Gasteiger partial charge >= 0.3 is 0 Å². The first kappa shape index (κ1) is 26.1. The average Bonchev–Trinajstić information content (AvgIpc) is 2.82. The molecule has 1 heteroatoms. The molecule has 184 valence electrons. The summed E-state index contributed by atoms with van der Waals surface area (Å²) in [5.41, 5.74) is 0. The van der Waals surface area contributed by atoms with Gasteiger partial charge in [-0.1, -0.05) is 77.1 Å². The highest BCUT2D eigenvalue weighted by Gasteiger charge is 2.30. The molecule has 32 heavy (non-hydrogen) atoms. The van der Waals surface area contributed by atoms with Gasteiger partial charge in [-0.3, -0.25) is 0 Å². The number of rotatable bonds is 10. The lowest BCUT2D eigenvalue weighted by atomic mass is 9.69. The lowest BCUT2D eigenvalue weighted by Gasteiger charge is -2.37. The van der Waals surface area contributed by atoms with Crippen molar-refractivity contribution in [3.05, 3.63) is 0 Å². The van der Waals surface area contributed by atoms with Gasteiger partial charge in [0.2, 0.25) is 0 Å². The normalized spacial score (nSPS) is 34.5. The van der Waals surface area contributed by atoms with Crippen molar-refractivity contribution in [2.45, 2.75) is 155 Å². The van der Waals surface area contributed by atoms with E-state index < -0.39 is 0 Å². The first-order valence-corrected chi connectivity index (χ1v) is 14.8. The molecular weight excluding hydrogens is 388 g/mol. The Morgan fingerprint density at radius 3 is 1.78 bits per heavy atom. The van der Waals surface area contributed by atoms with Crippen LogP contribution in [0.3, 0.4) is 0 Å². The fraction of sp³-hybridized carbons (Fsp3) is 0.935. The van der Waals surface area contributed by atoms with Crippen LogP contribution in [0.25, 0.3) is 0 Å². The third-order valence-electron chi connectivity index (χ3n) is 9.08. The van der Waals surface area contributed by atoms with E-state index in [-0.39, 0.29) is 0 Å². The molecule has 0 aromatic carbocycles. The average molecular weight is 443 g/mol. The minimum absolute atomic E-state index is 0.441. The summed E-state index contributed by atoms with van der Waals surface area (Å²) < 4.78 is 6.36. The van der Waals surface area contributed by atoms with Crippen LogP contribution in [0.1, 0.15) is 143 Å². The van der Waals surface area contributed by atoms with Crippen LogP contribution in [-0.4, -0.2) is 12.2 Å². The van der Waals surface area contributed by atoms with Crippen molar-refractivity contribution in [1.82, 2.24) is 0 Å². The molecule has 0 bridgehead atoms. The van der Waals surface area contributed by atoms with Crippen molar-refractivity contribution in [2.24, 2.45) is 29.6 Å². The Bertz CT molecular complexity index is 533. The van der Waals surface area contributed by atoms with Crippen LogP contribution in [0, 0.1) is 41.4 Å². The molecule has 3 rings (SSSR count). The van der Waals surface area contributed by atoms with Crippen LogP contribution in [0.15, 0.2) is 0 Å².